The molecule has 8 nitrogen and oxygen atoms in total. The Bertz CT molecular complexity index is 1600. The molecule has 4 aromatic rings. The highest BCUT2D eigenvalue weighted by Gasteiger charge is 2.34. The molecule has 1 aliphatic heterocycles. The Labute approximate surface area is 219 Å². The normalized spacial score (nSPS) is 16.7. The molecule has 0 radical (unpaired) electrons. The number of hydrogen-bond donors (Lipinski definition) is 0. The summed E-state index contributed by atoms with van der Waals surface area (Å²) < 4.78 is 15.2. The van der Waals surface area contributed by atoms with Crippen LogP contribution < -0.4 is 10.5 Å². The maximum atomic E-state index is 13.8. The minimum Gasteiger partial charge on any atom is -0.366 e. The molecule has 0 amide bonds. The lowest BCUT2D eigenvalue weighted by Gasteiger charge is -2.45. The van der Waals surface area contributed by atoms with Gasteiger partial charge in [-0.1, -0.05) is 18.2 Å². The molecule has 1 unspecified atom stereocenters. The molecule has 0 saturated carbocycles. The molecule has 5 rings (SSSR count). The van der Waals surface area contributed by atoms with Gasteiger partial charge in [0.05, 0.1) is 22.9 Å². The van der Waals surface area contributed by atoms with Crippen LogP contribution in [-0.4, -0.2) is 45.1 Å². The van der Waals surface area contributed by atoms with Gasteiger partial charge in [0.15, 0.2) is 0 Å². The van der Waals surface area contributed by atoms with E-state index in [0.717, 1.165) is 16.8 Å². The van der Waals surface area contributed by atoms with Crippen molar-refractivity contribution in [2.45, 2.75) is 25.9 Å². The van der Waals surface area contributed by atoms with Gasteiger partial charge < -0.3 is 9.47 Å². The highest BCUT2D eigenvalue weighted by Crippen LogP contribution is 2.34. The molecule has 2 atom stereocenters. The van der Waals surface area contributed by atoms with Gasteiger partial charge in [0.2, 0.25) is 0 Å². The van der Waals surface area contributed by atoms with Crippen molar-refractivity contribution in [1.82, 2.24) is 19.4 Å². The van der Waals surface area contributed by atoms with Gasteiger partial charge in [0, 0.05) is 38.9 Å². The number of nitrogens with zero attached hydrogens (tertiary/aromatic N) is 7. The average Bonchev–Trinajstić information content (AvgIpc) is 2.93. The van der Waals surface area contributed by atoms with E-state index in [4.69, 9.17) is 4.98 Å². The number of nitriles is 2. The van der Waals surface area contributed by atoms with Crippen molar-refractivity contribution >= 4 is 16.7 Å². The number of fused-ring (bicyclic) bond motifs is 1. The van der Waals surface area contributed by atoms with E-state index in [0.29, 0.717) is 36.4 Å². The predicted molar refractivity (Wildman–Crippen MR) is 142 cm³/mol. The largest absolute Gasteiger partial charge is 0.366 e. The van der Waals surface area contributed by atoms with Crippen LogP contribution in [0.1, 0.15) is 41.0 Å². The number of aromatic nitrogens is 3. The quantitative estimate of drug-likeness (QED) is 0.414. The summed E-state index contributed by atoms with van der Waals surface area (Å²) in [4.78, 5) is 26.6. The van der Waals surface area contributed by atoms with E-state index < -0.39 is 5.56 Å². The van der Waals surface area contributed by atoms with Gasteiger partial charge in [0.25, 0.3) is 5.56 Å². The minimum absolute atomic E-state index is 0.0125. The Morgan fingerprint density at radius 2 is 1.82 bits per heavy atom. The molecule has 1 aliphatic rings. The summed E-state index contributed by atoms with van der Waals surface area (Å²) in [5, 5.41) is 19.4. The Morgan fingerprint density at radius 1 is 1.05 bits per heavy atom. The topological polar surface area (TPSA) is 102 Å². The van der Waals surface area contributed by atoms with Crippen molar-refractivity contribution in [1.29, 1.82) is 10.5 Å². The van der Waals surface area contributed by atoms with E-state index in [-0.39, 0.29) is 29.2 Å². The van der Waals surface area contributed by atoms with Gasteiger partial charge in [-0.15, -0.1) is 0 Å². The fourth-order valence-electron chi connectivity index (χ4n) is 5.24. The summed E-state index contributed by atoms with van der Waals surface area (Å²) in [7, 11) is 1.60. The maximum absolute atomic E-state index is 13.8. The van der Waals surface area contributed by atoms with Crippen molar-refractivity contribution in [3.8, 4) is 12.1 Å². The van der Waals surface area contributed by atoms with Crippen molar-refractivity contribution in [3.63, 3.8) is 0 Å². The SMILES string of the molecule is Cc1ccc(C(c2ccc(F)cc2)N2CCN(c3c(C#N)c(=O)n(C)c4ccc(C#N)nc34)C[C@H]2C)nc1. The van der Waals surface area contributed by atoms with E-state index in [1.165, 1.54) is 16.7 Å². The number of hydrogen-bond acceptors (Lipinski definition) is 7. The van der Waals surface area contributed by atoms with Gasteiger partial charge in [-0.3, -0.25) is 14.7 Å². The molecular weight excluding hydrogens is 481 g/mol. The highest BCUT2D eigenvalue weighted by atomic mass is 19.1. The third-order valence-corrected chi connectivity index (χ3v) is 7.17. The molecule has 1 saturated heterocycles. The Hall–Kier alpha value is -4.60. The number of pyridine rings is 3. The Balaban J connectivity index is 1.56. The number of benzene rings is 1. The Kier molecular flexibility index (Phi) is 6.62. The van der Waals surface area contributed by atoms with Crippen molar-refractivity contribution in [2.75, 3.05) is 24.5 Å². The fraction of sp³-hybridized carbons (Fsp3) is 0.276. The molecular formula is C29H26FN7O. The molecule has 9 heteroatoms. The summed E-state index contributed by atoms with van der Waals surface area (Å²) in [6.07, 6.45) is 1.83. The van der Waals surface area contributed by atoms with E-state index in [2.05, 4.69) is 28.9 Å². The molecule has 1 fully saturated rings. The molecule has 4 heterocycles. The fourth-order valence-corrected chi connectivity index (χ4v) is 5.24. The molecule has 0 spiro atoms. The molecule has 3 aromatic heterocycles. The summed E-state index contributed by atoms with van der Waals surface area (Å²) in [5.74, 6) is -0.298. The third-order valence-electron chi connectivity index (χ3n) is 7.17. The van der Waals surface area contributed by atoms with E-state index in [1.54, 1.807) is 31.3 Å². The first-order chi connectivity index (χ1) is 18.3. The summed E-state index contributed by atoms with van der Waals surface area (Å²) >= 11 is 0. The van der Waals surface area contributed by atoms with E-state index in [1.807, 2.05) is 30.2 Å². The van der Waals surface area contributed by atoms with Crippen LogP contribution in [0.5, 0.6) is 0 Å². The molecule has 0 N–H and O–H groups in total. The zero-order chi connectivity index (χ0) is 27.0. The first kappa shape index (κ1) is 25.1. The van der Waals surface area contributed by atoms with Crippen LogP contribution in [0.3, 0.4) is 0 Å². The van der Waals surface area contributed by atoms with Gasteiger partial charge in [0.1, 0.15) is 34.7 Å². The standard InChI is InChI=1S/C29H26FN7O/c1-18-4-10-24(33-16-18)27(20-5-7-21(30)8-6-20)37-13-12-36(17-19(37)2)28-23(15-32)29(38)35(3)25-11-9-22(14-31)34-26(25)28/h4-11,16,19,27H,12-13,17H2,1-3H3/t19-,27?/m1/s1. The van der Waals surface area contributed by atoms with Crippen LogP contribution in [0.25, 0.3) is 11.0 Å². The number of rotatable bonds is 4. The molecule has 1 aromatic carbocycles. The number of anilines is 1. The lowest BCUT2D eigenvalue weighted by atomic mass is 9.97. The predicted octanol–water partition coefficient (Wildman–Crippen LogP) is 3.82. The van der Waals surface area contributed by atoms with Crippen LogP contribution in [0.2, 0.25) is 0 Å². The van der Waals surface area contributed by atoms with Gasteiger partial charge in [-0.25, -0.2) is 9.37 Å². The summed E-state index contributed by atoms with van der Waals surface area (Å²) in [6, 6.07) is 17.7. The van der Waals surface area contributed by atoms with Gasteiger partial charge in [-0.2, -0.15) is 10.5 Å². The van der Waals surface area contributed by atoms with E-state index in [9.17, 15) is 19.7 Å². The monoisotopic (exact) mass is 507 g/mol. The molecule has 0 bridgehead atoms. The summed E-state index contributed by atoms with van der Waals surface area (Å²) in [6.45, 7) is 5.69. The van der Waals surface area contributed by atoms with E-state index >= 15 is 0 Å². The summed E-state index contributed by atoms with van der Waals surface area (Å²) in [5.41, 5.74) is 4.15. The number of halogens is 1. The zero-order valence-electron chi connectivity index (χ0n) is 21.4. The Morgan fingerprint density at radius 3 is 2.45 bits per heavy atom. The number of aryl methyl sites for hydroxylation is 2. The second-order valence-electron chi connectivity index (χ2n) is 9.62. The first-order valence-corrected chi connectivity index (χ1v) is 12.3. The second-order valence-corrected chi connectivity index (χ2v) is 9.62. The minimum atomic E-state index is -0.398. The molecule has 190 valence electrons. The van der Waals surface area contributed by atoms with Crippen molar-refractivity contribution < 1.29 is 4.39 Å². The van der Waals surface area contributed by atoms with Crippen LogP contribution in [-0.2, 0) is 7.05 Å². The van der Waals surface area contributed by atoms with Crippen LogP contribution in [0.4, 0.5) is 10.1 Å². The highest BCUT2D eigenvalue weighted by molar-refractivity contribution is 5.92. The third kappa shape index (κ3) is 4.38. The van der Waals surface area contributed by atoms with Crippen LogP contribution in [0.15, 0.2) is 59.5 Å². The molecule has 0 aliphatic carbocycles. The maximum Gasteiger partial charge on any atom is 0.270 e. The average molecular weight is 508 g/mol. The van der Waals surface area contributed by atoms with Crippen molar-refractivity contribution in [3.05, 3.63) is 99.0 Å². The second kappa shape index (κ2) is 10.0. The van der Waals surface area contributed by atoms with Gasteiger partial charge in [-0.05, 0) is 55.3 Å². The van der Waals surface area contributed by atoms with Crippen molar-refractivity contribution in [2.24, 2.45) is 7.05 Å². The van der Waals surface area contributed by atoms with Crippen LogP contribution >= 0.6 is 0 Å². The lowest BCUT2D eigenvalue weighted by Crippen LogP contribution is -2.53. The van der Waals surface area contributed by atoms with Gasteiger partial charge >= 0.3 is 0 Å². The lowest BCUT2D eigenvalue weighted by molar-refractivity contribution is 0.147. The molecule has 38 heavy (non-hydrogen) atoms. The van der Waals surface area contributed by atoms with Crippen LogP contribution in [0, 0.1) is 35.4 Å². The number of piperazine rings is 1. The zero-order valence-corrected chi connectivity index (χ0v) is 21.4. The smallest absolute Gasteiger partial charge is 0.270 e. The first-order valence-electron chi connectivity index (χ1n) is 12.3.